The molecule has 0 aliphatic rings. The highest BCUT2D eigenvalue weighted by atomic mass is 15.1. The van der Waals surface area contributed by atoms with E-state index in [1.165, 1.54) is 87.1 Å². The number of benzene rings is 11. The molecule has 0 spiro atoms. The zero-order valence-corrected chi connectivity index (χ0v) is 32.8. The van der Waals surface area contributed by atoms with E-state index in [0.717, 1.165) is 22.7 Å². The first-order valence-electron chi connectivity index (χ1n) is 20.7. The van der Waals surface area contributed by atoms with E-state index in [9.17, 15) is 0 Å². The van der Waals surface area contributed by atoms with Crippen molar-refractivity contribution in [1.82, 2.24) is 4.57 Å². The summed E-state index contributed by atoms with van der Waals surface area (Å²) in [6, 6.07) is 84.1. The first-order chi connectivity index (χ1) is 29.8. The van der Waals surface area contributed by atoms with Gasteiger partial charge in [0.15, 0.2) is 0 Å². The van der Waals surface area contributed by atoms with E-state index in [4.69, 9.17) is 0 Å². The molecule has 2 heteroatoms. The molecule has 11 aromatic carbocycles. The second kappa shape index (κ2) is 13.9. The van der Waals surface area contributed by atoms with Gasteiger partial charge in [-0.15, -0.1) is 0 Å². The molecule has 12 rings (SSSR count). The zero-order chi connectivity index (χ0) is 39.6. The van der Waals surface area contributed by atoms with E-state index in [1.54, 1.807) is 0 Å². The lowest BCUT2D eigenvalue weighted by Gasteiger charge is -2.26. The van der Waals surface area contributed by atoms with E-state index in [1.807, 2.05) is 0 Å². The van der Waals surface area contributed by atoms with Crippen molar-refractivity contribution in [2.24, 2.45) is 0 Å². The van der Waals surface area contributed by atoms with Gasteiger partial charge in [-0.25, -0.2) is 0 Å². The average Bonchev–Trinajstić information content (AvgIpc) is 3.68. The molecule has 0 fully saturated rings. The van der Waals surface area contributed by atoms with Crippen molar-refractivity contribution in [1.29, 1.82) is 0 Å². The van der Waals surface area contributed by atoms with Crippen molar-refractivity contribution in [3.05, 3.63) is 231 Å². The molecule has 0 bridgehead atoms. The normalized spacial score (nSPS) is 11.7. The second-order valence-corrected chi connectivity index (χ2v) is 15.7. The Morgan fingerprint density at radius 3 is 1.30 bits per heavy atom. The predicted octanol–water partition coefficient (Wildman–Crippen LogP) is 16.2. The molecule has 12 aromatic rings. The maximum Gasteiger partial charge on any atom is 0.0547 e. The molecule has 0 atom stereocenters. The van der Waals surface area contributed by atoms with Crippen LogP contribution < -0.4 is 4.90 Å². The van der Waals surface area contributed by atoms with E-state index in [0.29, 0.717) is 0 Å². The van der Waals surface area contributed by atoms with Gasteiger partial charge >= 0.3 is 0 Å². The van der Waals surface area contributed by atoms with Crippen LogP contribution in [0.4, 0.5) is 17.1 Å². The van der Waals surface area contributed by atoms with Crippen LogP contribution in [0.25, 0.3) is 92.8 Å². The first-order valence-corrected chi connectivity index (χ1v) is 20.7. The van der Waals surface area contributed by atoms with Crippen molar-refractivity contribution < 1.29 is 0 Å². The van der Waals surface area contributed by atoms with Gasteiger partial charge in [0, 0.05) is 33.5 Å². The smallest absolute Gasteiger partial charge is 0.0547 e. The van der Waals surface area contributed by atoms with Crippen molar-refractivity contribution in [2.75, 3.05) is 4.90 Å². The summed E-state index contributed by atoms with van der Waals surface area (Å²) in [5.41, 5.74) is 11.7. The molecule has 280 valence electrons. The molecule has 0 radical (unpaired) electrons. The monoisotopic (exact) mass is 762 g/mol. The van der Waals surface area contributed by atoms with Gasteiger partial charge in [-0.2, -0.15) is 0 Å². The molecule has 1 aromatic heterocycles. The summed E-state index contributed by atoms with van der Waals surface area (Å²) in [7, 11) is 0. The number of hydrogen-bond acceptors (Lipinski definition) is 1. The van der Waals surface area contributed by atoms with Gasteiger partial charge in [0.05, 0.1) is 11.0 Å². The number of hydrogen-bond donors (Lipinski definition) is 0. The molecule has 0 N–H and O–H groups in total. The zero-order valence-electron chi connectivity index (χ0n) is 32.8. The lowest BCUT2D eigenvalue weighted by molar-refractivity contribution is 1.18. The van der Waals surface area contributed by atoms with E-state index >= 15 is 0 Å². The van der Waals surface area contributed by atoms with Crippen molar-refractivity contribution in [3.63, 3.8) is 0 Å². The van der Waals surface area contributed by atoms with Crippen LogP contribution in [0, 0.1) is 0 Å². The van der Waals surface area contributed by atoms with Crippen molar-refractivity contribution in [2.45, 2.75) is 0 Å². The molecular formula is C58H38N2. The van der Waals surface area contributed by atoms with E-state index in [2.05, 4.69) is 240 Å². The topological polar surface area (TPSA) is 8.17 Å². The Morgan fingerprint density at radius 1 is 0.283 bits per heavy atom. The van der Waals surface area contributed by atoms with E-state index in [-0.39, 0.29) is 0 Å². The first kappa shape index (κ1) is 34.1. The molecule has 1 heterocycles. The fourth-order valence-corrected chi connectivity index (χ4v) is 9.54. The fraction of sp³-hybridized carbons (Fsp3) is 0. The van der Waals surface area contributed by atoms with Crippen LogP contribution >= 0.6 is 0 Å². The third-order valence-corrected chi connectivity index (χ3v) is 12.3. The molecular weight excluding hydrogens is 725 g/mol. The summed E-state index contributed by atoms with van der Waals surface area (Å²) in [4.78, 5) is 2.34. The SMILES string of the molecule is c1ccc(N(c2ccc(-c3ccc(-n4c5ccc6ccccc6c5c5c6ccccc6ccc54)cc3)cc2)c2ccc(-c3cc4ccccc4c4ccccc34)cc2)cc1. The Morgan fingerprint density at radius 2 is 0.717 bits per heavy atom. The number of aromatic nitrogens is 1. The highest BCUT2D eigenvalue weighted by Crippen LogP contribution is 2.42. The Bertz CT molecular complexity index is 3470. The van der Waals surface area contributed by atoms with Crippen LogP contribution in [0.1, 0.15) is 0 Å². The largest absolute Gasteiger partial charge is 0.311 e. The lowest BCUT2D eigenvalue weighted by atomic mass is 9.93. The molecule has 0 aliphatic heterocycles. The summed E-state index contributed by atoms with van der Waals surface area (Å²) in [5, 5.41) is 12.8. The van der Waals surface area contributed by atoms with Crippen LogP contribution in [0.5, 0.6) is 0 Å². The summed E-state index contributed by atoms with van der Waals surface area (Å²) in [6.45, 7) is 0. The van der Waals surface area contributed by atoms with Crippen LogP contribution in [0.15, 0.2) is 231 Å². The van der Waals surface area contributed by atoms with Gasteiger partial charge < -0.3 is 9.47 Å². The summed E-state index contributed by atoms with van der Waals surface area (Å²) < 4.78 is 2.43. The van der Waals surface area contributed by atoms with Gasteiger partial charge in [-0.3, -0.25) is 0 Å². The highest BCUT2D eigenvalue weighted by Gasteiger charge is 2.18. The van der Waals surface area contributed by atoms with Crippen LogP contribution in [-0.2, 0) is 0 Å². The molecule has 0 unspecified atom stereocenters. The van der Waals surface area contributed by atoms with Gasteiger partial charge in [-0.05, 0) is 132 Å². The maximum absolute atomic E-state index is 2.43. The predicted molar refractivity (Wildman–Crippen MR) is 256 cm³/mol. The summed E-state index contributed by atoms with van der Waals surface area (Å²) in [5.74, 6) is 0. The average molecular weight is 763 g/mol. The van der Waals surface area contributed by atoms with Crippen molar-refractivity contribution in [3.8, 4) is 27.9 Å². The second-order valence-electron chi connectivity index (χ2n) is 15.7. The van der Waals surface area contributed by atoms with Gasteiger partial charge in [0.1, 0.15) is 0 Å². The molecule has 2 nitrogen and oxygen atoms in total. The highest BCUT2D eigenvalue weighted by molar-refractivity contribution is 6.28. The quantitative estimate of drug-likeness (QED) is 0.153. The Labute approximate surface area is 348 Å². The lowest BCUT2D eigenvalue weighted by Crippen LogP contribution is -2.09. The van der Waals surface area contributed by atoms with Gasteiger partial charge in [0.25, 0.3) is 0 Å². The van der Waals surface area contributed by atoms with Gasteiger partial charge in [0.2, 0.25) is 0 Å². The molecule has 0 saturated heterocycles. The molecule has 60 heavy (non-hydrogen) atoms. The van der Waals surface area contributed by atoms with E-state index < -0.39 is 0 Å². The summed E-state index contributed by atoms with van der Waals surface area (Å²) in [6.07, 6.45) is 0. The Hall–Kier alpha value is -7.94. The molecule has 0 saturated carbocycles. The number of fused-ring (bicyclic) bond motifs is 10. The minimum atomic E-state index is 1.11. The maximum atomic E-state index is 2.43. The minimum absolute atomic E-state index is 1.11. The number of para-hydroxylation sites is 1. The van der Waals surface area contributed by atoms with Crippen LogP contribution in [0.3, 0.4) is 0 Å². The third kappa shape index (κ3) is 5.50. The Balaban J connectivity index is 0.904. The van der Waals surface area contributed by atoms with Crippen LogP contribution in [0.2, 0.25) is 0 Å². The standard InChI is InChI=1S/C58H38N2/c1-2-15-45(16-3-1)59(47-34-26-43(27-35-47)54-38-44-14-6-7-17-49(44)52-20-10-11-21-53(52)54)46-30-22-39(23-31-46)40-24-32-48(33-25-40)60-55-36-28-41-12-4-8-18-50(41)57(55)58-51-19-9-5-13-42(51)29-37-56(58)60/h1-38H. The number of nitrogens with zero attached hydrogens (tertiary/aromatic N) is 2. The third-order valence-electron chi connectivity index (χ3n) is 12.3. The van der Waals surface area contributed by atoms with Crippen LogP contribution in [-0.4, -0.2) is 4.57 Å². The summed E-state index contributed by atoms with van der Waals surface area (Å²) >= 11 is 0. The molecule has 0 aliphatic carbocycles. The number of rotatable bonds is 6. The van der Waals surface area contributed by atoms with Crippen molar-refractivity contribution >= 4 is 82.0 Å². The number of anilines is 3. The Kier molecular flexibility index (Phi) is 7.89. The van der Waals surface area contributed by atoms with Gasteiger partial charge in [-0.1, -0.05) is 164 Å². The molecule has 0 amide bonds. The fourth-order valence-electron chi connectivity index (χ4n) is 9.54. The minimum Gasteiger partial charge on any atom is -0.311 e.